The van der Waals surface area contributed by atoms with Crippen LogP contribution in [0.5, 0.6) is 0 Å². The first-order valence-corrected chi connectivity index (χ1v) is 8.42. The Balaban J connectivity index is 1.52. The van der Waals surface area contributed by atoms with Crippen LogP contribution in [-0.4, -0.2) is 48.6 Å². The minimum absolute atomic E-state index is 0.0982. The minimum atomic E-state index is -0.243. The summed E-state index contributed by atoms with van der Waals surface area (Å²) in [5.41, 5.74) is 0. The van der Waals surface area contributed by atoms with E-state index in [-0.39, 0.29) is 23.9 Å². The maximum absolute atomic E-state index is 12.8. The van der Waals surface area contributed by atoms with E-state index in [2.05, 4.69) is 5.32 Å². The molecule has 2 atom stereocenters. The first-order valence-electron chi connectivity index (χ1n) is 8.42. The Labute approximate surface area is 125 Å². The van der Waals surface area contributed by atoms with Crippen LogP contribution < -0.4 is 5.32 Å². The molecule has 0 aromatic rings. The van der Waals surface area contributed by atoms with E-state index < -0.39 is 0 Å². The third-order valence-electron chi connectivity index (χ3n) is 5.41. The van der Waals surface area contributed by atoms with Crippen molar-refractivity contribution in [2.45, 2.75) is 50.6 Å². The average molecular weight is 292 g/mol. The van der Waals surface area contributed by atoms with Crippen LogP contribution in [0.2, 0.25) is 0 Å². The Bertz CT molecular complexity index is 439. The molecule has 0 radical (unpaired) electrons. The summed E-state index contributed by atoms with van der Waals surface area (Å²) in [5.74, 6) is 1.56. The molecule has 0 spiro atoms. The third-order valence-corrected chi connectivity index (χ3v) is 5.41. The number of ether oxygens (including phenoxy) is 1. The molecule has 4 fully saturated rings. The monoisotopic (exact) mass is 292 g/mol. The summed E-state index contributed by atoms with van der Waals surface area (Å²) in [4.78, 5) is 27.3. The molecule has 2 saturated carbocycles. The molecule has 2 saturated heterocycles. The Morgan fingerprint density at radius 1 is 1.00 bits per heavy atom. The molecule has 0 aromatic carbocycles. The Kier molecular flexibility index (Phi) is 3.40. The molecule has 5 heteroatoms. The SMILES string of the molecule is O=C1NC(C2CC2)C(=O)N(CC2CCOCC2)C1C1CC1. The fraction of sp³-hybridized carbons (Fsp3) is 0.875. The molecule has 2 aliphatic heterocycles. The molecule has 1 N–H and O–H groups in total. The lowest BCUT2D eigenvalue weighted by atomic mass is 9.94. The van der Waals surface area contributed by atoms with Gasteiger partial charge in [-0.05, 0) is 56.3 Å². The van der Waals surface area contributed by atoms with Crippen molar-refractivity contribution in [3.05, 3.63) is 0 Å². The highest BCUT2D eigenvalue weighted by molar-refractivity contribution is 5.97. The topological polar surface area (TPSA) is 58.6 Å². The van der Waals surface area contributed by atoms with E-state index >= 15 is 0 Å². The van der Waals surface area contributed by atoms with Crippen LogP contribution in [0.3, 0.4) is 0 Å². The van der Waals surface area contributed by atoms with E-state index in [0.29, 0.717) is 17.8 Å². The number of carbonyl (C=O) groups is 2. The zero-order valence-electron chi connectivity index (χ0n) is 12.4. The molecule has 21 heavy (non-hydrogen) atoms. The van der Waals surface area contributed by atoms with Gasteiger partial charge >= 0.3 is 0 Å². The highest BCUT2D eigenvalue weighted by Crippen LogP contribution is 2.41. The second-order valence-electron chi connectivity index (χ2n) is 7.15. The van der Waals surface area contributed by atoms with Gasteiger partial charge in [-0.2, -0.15) is 0 Å². The summed E-state index contributed by atoms with van der Waals surface area (Å²) < 4.78 is 5.41. The summed E-state index contributed by atoms with van der Waals surface area (Å²) in [5, 5.41) is 3.01. The van der Waals surface area contributed by atoms with E-state index in [1.54, 1.807) is 0 Å². The standard InChI is InChI=1S/C16H24N2O3/c19-15-14(12-3-4-12)18(9-10-5-7-21-8-6-10)16(20)13(17-15)11-1-2-11/h10-14H,1-9H2,(H,17,19). The van der Waals surface area contributed by atoms with E-state index in [1.807, 2.05) is 4.90 Å². The molecule has 4 rings (SSSR count). The molecule has 2 unspecified atom stereocenters. The highest BCUT2D eigenvalue weighted by atomic mass is 16.5. The van der Waals surface area contributed by atoms with Crippen molar-refractivity contribution in [2.75, 3.05) is 19.8 Å². The number of rotatable bonds is 4. The number of piperazine rings is 1. The quantitative estimate of drug-likeness (QED) is 0.838. The predicted octanol–water partition coefficient (Wildman–Crippen LogP) is 0.929. The molecule has 2 heterocycles. The average Bonchev–Trinajstić information content (AvgIpc) is 3.37. The number of hydrogen-bond acceptors (Lipinski definition) is 3. The van der Waals surface area contributed by atoms with Gasteiger partial charge in [0.05, 0.1) is 0 Å². The van der Waals surface area contributed by atoms with Crippen LogP contribution in [0.4, 0.5) is 0 Å². The molecule has 2 amide bonds. The summed E-state index contributed by atoms with van der Waals surface area (Å²) in [6.07, 6.45) is 6.35. The van der Waals surface area contributed by atoms with Gasteiger partial charge in [0, 0.05) is 19.8 Å². The van der Waals surface area contributed by atoms with Crippen LogP contribution in [0.25, 0.3) is 0 Å². The van der Waals surface area contributed by atoms with Crippen molar-refractivity contribution in [1.29, 1.82) is 0 Å². The predicted molar refractivity (Wildman–Crippen MR) is 76.4 cm³/mol. The number of carbonyl (C=O) groups excluding carboxylic acids is 2. The van der Waals surface area contributed by atoms with Gasteiger partial charge in [-0.25, -0.2) is 0 Å². The molecule has 116 valence electrons. The summed E-state index contributed by atoms with van der Waals surface area (Å²) in [7, 11) is 0. The summed E-state index contributed by atoms with van der Waals surface area (Å²) in [6, 6.07) is -0.442. The number of nitrogens with one attached hydrogen (secondary N) is 1. The minimum Gasteiger partial charge on any atom is -0.381 e. The first kappa shape index (κ1) is 13.6. The maximum atomic E-state index is 12.8. The van der Waals surface area contributed by atoms with Crippen molar-refractivity contribution in [1.82, 2.24) is 10.2 Å². The van der Waals surface area contributed by atoms with Crippen molar-refractivity contribution in [3.63, 3.8) is 0 Å². The normalized spacial score (nSPS) is 35.0. The van der Waals surface area contributed by atoms with E-state index in [9.17, 15) is 9.59 Å². The molecule has 0 aromatic heterocycles. The van der Waals surface area contributed by atoms with Gasteiger partial charge in [0.1, 0.15) is 12.1 Å². The Hall–Kier alpha value is -1.10. The largest absolute Gasteiger partial charge is 0.381 e. The Morgan fingerprint density at radius 2 is 1.67 bits per heavy atom. The van der Waals surface area contributed by atoms with Gasteiger partial charge in [-0.15, -0.1) is 0 Å². The fourth-order valence-electron chi connectivity index (χ4n) is 3.80. The lowest BCUT2D eigenvalue weighted by Gasteiger charge is -2.41. The van der Waals surface area contributed by atoms with Gasteiger partial charge in [0.15, 0.2) is 0 Å². The molecular weight excluding hydrogens is 268 g/mol. The van der Waals surface area contributed by atoms with Gasteiger partial charge in [-0.3, -0.25) is 9.59 Å². The number of hydrogen-bond donors (Lipinski definition) is 1. The zero-order valence-corrected chi connectivity index (χ0v) is 12.4. The van der Waals surface area contributed by atoms with Crippen LogP contribution in [0.15, 0.2) is 0 Å². The zero-order chi connectivity index (χ0) is 14.4. The Morgan fingerprint density at radius 3 is 2.29 bits per heavy atom. The second-order valence-corrected chi connectivity index (χ2v) is 7.15. The van der Waals surface area contributed by atoms with E-state index in [0.717, 1.165) is 58.3 Å². The number of amides is 2. The molecule has 0 bridgehead atoms. The van der Waals surface area contributed by atoms with Crippen molar-refractivity contribution in [3.8, 4) is 0 Å². The second kappa shape index (κ2) is 5.27. The summed E-state index contributed by atoms with van der Waals surface area (Å²) >= 11 is 0. The van der Waals surface area contributed by atoms with Crippen LogP contribution in [0, 0.1) is 17.8 Å². The van der Waals surface area contributed by atoms with Gasteiger partial charge in [-0.1, -0.05) is 0 Å². The van der Waals surface area contributed by atoms with E-state index in [4.69, 9.17) is 4.74 Å². The van der Waals surface area contributed by atoms with Crippen molar-refractivity contribution >= 4 is 11.8 Å². The first-order chi connectivity index (χ1) is 10.2. The number of nitrogens with zero attached hydrogens (tertiary/aromatic N) is 1. The van der Waals surface area contributed by atoms with Crippen LogP contribution >= 0.6 is 0 Å². The molecular formula is C16H24N2O3. The molecule has 4 aliphatic rings. The summed E-state index contributed by atoms with van der Waals surface area (Å²) in [6.45, 7) is 2.33. The van der Waals surface area contributed by atoms with Crippen LogP contribution in [0.1, 0.15) is 38.5 Å². The lowest BCUT2D eigenvalue weighted by molar-refractivity contribution is -0.152. The highest BCUT2D eigenvalue weighted by Gasteiger charge is 2.51. The third kappa shape index (κ3) is 2.68. The lowest BCUT2D eigenvalue weighted by Crippen LogP contribution is -2.65. The van der Waals surface area contributed by atoms with Gasteiger partial charge in [0.25, 0.3) is 0 Å². The fourth-order valence-corrected chi connectivity index (χ4v) is 3.80. The van der Waals surface area contributed by atoms with Gasteiger partial charge < -0.3 is 15.0 Å². The van der Waals surface area contributed by atoms with Crippen LogP contribution in [-0.2, 0) is 14.3 Å². The smallest absolute Gasteiger partial charge is 0.246 e. The van der Waals surface area contributed by atoms with Crippen molar-refractivity contribution < 1.29 is 14.3 Å². The van der Waals surface area contributed by atoms with Gasteiger partial charge in [0.2, 0.25) is 11.8 Å². The molecule has 2 aliphatic carbocycles. The maximum Gasteiger partial charge on any atom is 0.246 e. The molecule has 5 nitrogen and oxygen atoms in total. The van der Waals surface area contributed by atoms with E-state index in [1.165, 1.54) is 0 Å². The van der Waals surface area contributed by atoms with Crippen molar-refractivity contribution in [2.24, 2.45) is 17.8 Å².